The van der Waals surface area contributed by atoms with Crippen molar-refractivity contribution in [3.05, 3.63) is 51.8 Å². The van der Waals surface area contributed by atoms with Gasteiger partial charge in [-0.3, -0.25) is 20.4 Å². The highest BCUT2D eigenvalue weighted by Crippen LogP contribution is 2.20. The van der Waals surface area contributed by atoms with Crippen molar-refractivity contribution in [1.29, 1.82) is 0 Å². The molecule has 2 amide bonds. The van der Waals surface area contributed by atoms with Gasteiger partial charge >= 0.3 is 0 Å². The van der Waals surface area contributed by atoms with Crippen LogP contribution in [0.2, 0.25) is 0 Å². The topological polar surface area (TPSA) is 72.4 Å². The molecule has 0 aliphatic carbocycles. The standard InChI is InChI=1S/C16H18BrN3O3/c1-10-4-5-14(23-3)11(6-10)7-15(21)18-19-16(22)13-8-12(17)9-20(13)2/h4-6,8-9H,7H2,1-3H3,(H,18,21)(H,19,22). The average molecular weight is 380 g/mol. The molecule has 0 atom stereocenters. The molecular formula is C16H18BrN3O3. The number of benzene rings is 1. The number of rotatable bonds is 4. The van der Waals surface area contributed by atoms with E-state index in [2.05, 4.69) is 26.8 Å². The Morgan fingerprint density at radius 3 is 2.61 bits per heavy atom. The summed E-state index contributed by atoms with van der Waals surface area (Å²) in [6.45, 7) is 1.94. The van der Waals surface area contributed by atoms with E-state index >= 15 is 0 Å². The van der Waals surface area contributed by atoms with E-state index < -0.39 is 0 Å². The second kappa shape index (κ2) is 7.32. The molecule has 0 aliphatic heterocycles. The lowest BCUT2D eigenvalue weighted by molar-refractivity contribution is -0.121. The first-order valence-electron chi connectivity index (χ1n) is 6.95. The minimum absolute atomic E-state index is 0.113. The molecule has 1 aromatic heterocycles. The number of amides is 2. The zero-order chi connectivity index (χ0) is 17.0. The molecule has 0 spiro atoms. The fourth-order valence-corrected chi connectivity index (χ4v) is 2.73. The summed E-state index contributed by atoms with van der Waals surface area (Å²) in [6, 6.07) is 7.28. The molecule has 0 bridgehead atoms. The quantitative estimate of drug-likeness (QED) is 0.799. The van der Waals surface area contributed by atoms with Gasteiger partial charge in [-0.1, -0.05) is 17.7 Å². The molecule has 0 fully saturated rings. The molecule has 0 unspecified atom stereocenters. The first-order valence-corrected chi connectivity index (χ1v) is 7.74. The van der Waals surface area contributed by atoms with Crippen molar-refractivity contribution in [2.24, 2.45) is 7.05 Å². The molecule has 2 rings (SSSR count). The monoisotopic (exact) mass is 379 g/mol. The summed E-state index contributed by atoms with van der Waals surface area (Å²) in [6.07, 6.45) is 1.87. The van der Waals surface area contributed by atoms with Gasteiger partial charge in [-0.05, 0) is 35.0 Å². The van der Waals surface area contributed by atoms with Gasteiger partial charge in [0.1, 0.15) is 11.4 Å². The predicted octanol–water partition coefficient (Wildman–Crippen LogP) is 2.11. The number of nitrogens with zero attached hydrogens (tertiary/aromatic N) is 1. The van der Waals surface area contributed by atoms with Crippen molar-refractivity contribution in [3.63, 3.8) is 0 Å². The minimum Gasteiger partial charge on any atom is -0.496 e. The molecular weight excluding hydrogens is 362 g/mol. The Morgan fingerprint density at radius 1 is 1.26 bits per heavy atom. The van der Waals surface area contributed by atoms with Crippen LogP contribution in [-0.4, -0.2) is 23.5 Å². The lowest BCUT2D eigenvalue weighted by Crippen LogP contribution is -2.43. The summed E-state index contributed by atoms with van der Waals surface area (Å²) in [7, 11) is 3.31. The Hall–Kier alpha value is -2.28. The number of aryl methyl sites for hydroxylation is 2. The Labute approximate surface area is 142 Å². The van der Waals surface area contributed by atoms with Gasteiger partial charge < -0.3 is 9.30 Å². The number of nitrogens with one attached hydrogen (secondary N) is 2. The second-order valence-electron chi connectivity index (χ2n) is 5.15. The molecule has 23 heavy (non-hydrogen) atoms. The van der Waals surface area contributed by atoms with Crippen LogP contribution in [0, 0.1) is 6.92 Å². The number of halogens is 1. The summed E-state index contributed by atoms with van der Waals surface area (Å²) < 4.78 is 7.69. The number of carbonyl (C=O) groups excluding carboxylic acids is 2. The van der Waals surface area contributed by atoms with Gasteiger partial charge in [-0.25, -0.2) is 0 Å². The Kier molecular flexibility index (Phi) is 5.44. The van der Waals surface area contributed by atoms with E-state index in [0.29, 0.717) is 11.4 Å². The summed E-state index contributed by atoms with van der Waals surface area (Å²) in [5.41, 5.74) is 7.05. The van der Waals surface area contributed by atoms with Crippen LogP contribution >= 0.6 is 15.9 Å². The average Bonchev–Trinajstić information content (AvgIpc) is 2.84. The third kappa shape index (κ3) is 4.35. The minimum atomic E-state index is -0.386. The number of hydrogen-bond acceptors (Lipinski definition) is 3. The van der Waals surface area contributed by atoms with Gasteiger partial charge in [0.25, 0.3) is 5.91 Å². The number of methoxy groups -OCH3 is 1. The van der Waals surface area contributed by atoms with Gasteiger partial charge in [0.2, 0.25) is 5.91 Å². The molecule has 122 valence electrons. The van der Waals surface area contributed by atoms with E-state index in [1.165, 1.54) is 0 Å². The Morgan fingerprint density at radius 2 is 2.00 bits per heavy atom. The Balaban J connectivity index is 1.97. The fourth-order valence-electron chi connectivity index (χ4n) is 2.20. The molecule has 6 nitrogen and oxygen atoms in total. The van der Waals surface area contributed by atoms with Crippen LogP contribution in [0.15, 0.2) is 34.9 Å². The maximum atomic E-state index is 12.0. The molecule has 1 heterocycles. The first kappa shape index (κ1) is 17.1. The second-order valence-corrected chi connectivity index (χ2v) is 6.06. The molecule has 7 heteroatoms. The summed E-state index contributed by atoms with van der Waals surface area (Å²) >= 11 is 3.30. The molecule has 2 aromatic rings. The lowest BCUT2D eigenvalue weighted by atomic mass is 10.1. The lowest BCUT2D eigenvalue weighted by Gasteiger charge is -2.11. The number of ether oxygens (including phenoxy) is 1. The van der Waals surface area contributed by atoms with E-state index in [0.717, 1.165) is 15.6 Å². The SMILES string of the molecule is COc1ccc(C)cc1CC(=O)NNC(=O)c1cc(Br)cn1C. The highest BCUT2D eigenvalue weighted by molar-refractivity contribution is 9.10. The number of aromatic nitrogens is 1. The van der Waals surface area contributed by atoms with Crippen molar-refractivity contribution in [1.82, 2.24) is 15.4 Å². The fraction of sp³-hybridized carbons (Fsp3) is 0.250. The van der Waals surface area contributed by atoms with E-state index in [9.17, 15) is 9.59 Å². The highest BCUT2D eigenvalue weighted by atomic mass is 79.9. The number of hydrazine groups is 1. The maximum Gasteiger partial charge on any atom is 0.286 e. The molecule has 1 aromatic carbocycles. The van der Waals surface area contributed by atoms with Crippen LogP contribution in [0.4, 0.5) is 0 Å². The molecule has 0 radical (unpaired) electrons. The van der Waals surface area contributed by atoms with E-state index in [1.54, 1.807) is 31.0 Å². The van der Waals surface area contributed by atoms with Crippen molar-refractivity contribution in [2.45, 2.75) is 13.3 Å². The van der Waals surface area contributed by atoms with Crippen LogP contribution in [0.3, 0.4) is 0 Å². The highest BCUT2D eigenvalue weighted by Gasteiger charge is 2.13. The van der Waals surface area contributed by atoms with E-state index in [-0.39, 0.29) is 18.2 Å². The zero-order valence-electron chi connectivity index (χ0n) is 13.1. The van der Waals surface area contributed by atoms with Gasteiger partial charge in [-0.15, -0.1) is 0 Å². The van der Waals surface area contributed by atoms with E-state index in [1.807, 2.05) is 25.1 Å². The third-order valence-corrected chi connectivity index (χ3v) is 3.74. The molecule has 2 N–H and O–H groups in total. The van der Waals surface area contributed by atoms with Crippen LogP contribution in [0.1, 0.15) is 21.6 Å². The van der Waals surface area contributed by atoms with Gasteiger partial charge in [0.15, 0.2) is 0 Å². The maximum absolute atomic E-state index is 12.0. The van der Waals surface area contributed by atoms with E-state index in [4.69, 9.17) is 4.74 Å². The predicted molar refractivity (Wildman–Crippen MR) is 90.2 cm³/mol. The van der Waals surface area contributed by atoms with Crippen LogP contribution in [-0.2, 0) is 18.3 Å². The summed E-state index contributed by atoms with van der Waals surface area (Å²) in [5, 5.41) is 0. The van der Waals surface area contributed by atoms with Gasteiger partial charge in [0.05, 0.1) is 13.5 Å². The Bertz CT molecular complexity index is 740. The molecule has 0 saturated carbocycles. The number of hydrogen-bond donors (Lipinski definition) is 2. The van der Waals surface area contributed by atoms with Crippen LogP contribution in [0.5, 0.6) is 5.75 Å². The van der Waals surface area contributed by atoms with Crippen molar-refractivity contribution in [3.8, 4) is 5.75 Å². The largest absolute Gasteiger partial charge is 0.496 e. The zero-order valence-corrected chi connectivity index (χ0v) is 14.7. The number of carbonyl (C=O) groups is 2. The summed E-state index contributed by atoms with van der Waals surface area (Å²) in [4.78, 5) is 24.0. The normalized spacial score (nSPS) is 10.3. The van der Waals surface area contributed by atoms with Crippen molar-refractivity contribution >= 4 is 27.7 Å². The van der Waals surface area contributed by atoms with Crippen molar-refractivity contribution < 1.29 is 14.3 Å². The van der Waals surface area contributed by atoms with Crippen LogP contribution < -0.4 is 15.6 Å². The van der Waals surface area contributed by atoms with Crippen molar-refractivity contribution in [2.75, 3.05) is 7.11 Å². The summed E-state index contributed by atoms with van der Waals surface area (Å²) in [5.74, 6) is -0.0678. The van der Waals surface area contributed by atoms with Gasteiger partial charge in [-0.2, -0.15) is 0 Å². The smallest absolute Gasteiger partial charge is 0.286 e. The first-order chi connectivity index (χ1) is 10.9. The van der Waals surface area contributed by atoms with Crippen LogP contribution in [0.25, 0.3) is 0 Å². The molecule has 0 aliphatic rings. The third-order valence-electron chi connectivity index (χ3n) is 3.31. The van der Waals surface area contributed by atoms with Gasteiger partial charge in [0, 0.05) is 23.3 Å². The molecule has 0 saturated heterocycles.